The Kier molecular flexibility index (Phi) is 6.22. The highest BCUT2D eigenvalue weighted by Crippen LogP contribution is 2.27. The van der Waals surface area contributed by atoms with Crippen molar-refractivity contribution in [2.45, 2.75) is 20.8 Å². The fourth-order valence-corrected chi connectivity index (χ4v) is 1.38. The number of rotatable bonds is 6. The van der Waals surface area contributed by atoms with Crippen LogP contribution in [0.1, 0.15) is 20.8 Å². The standard InChI is InChI=1S/C14H18N2O4/c1-4-19-12-9-7-6-8-11(12)15-16-13(10(3)17)14(18)20-5-2/h6-9,17H,4-5H2,1-3H3. The van der Waals surface area contributed by atoms with Gasteiger partial charge >= 0.3 is 5.97 Å². The summed E-state index contributed by atoms with van der Waals surface area (Å²) in [5, 5.41) is 17.1. The van der Waals surface area contributed by atoms with Crippen molar-refractivity contribution in [1.29, 1.82) is 0 Å². The van der Waals surface area contributed by atoms with Crippen molar-refractivity contribution in [2.24, 2.45) is 10.2 Å². The van der Waals surface area contributed by atoms with Gasteiger partial charge in [0.05, 0.1) is 13.2 Å². The molecule has 0 saturated carbocycles. The van der Waals surface area contributed by atoms with E-state index in [1.165, 1.54) is 6.92 Å². The van der Waals surface area contributed by atoms with E-state index < -0.39 is 5.97 Å². The molecule has 6 nitrogen and oxygen atoms in total. The van der Waals surface area contributed by atoms with Crippen LogP contribution < -0.4 is 4.74 Å². The normalized spacial score (nSPS) is 12.2. The predicted molar refractivity (Wildman–Crippen MR) is 74.1 cm³/mol. The number of aliphatic hydroxyl groups is 1. The molecule has 0 aliphatic rings. The molecule has 1 rings (SSSR count). The van der Waals surface area contributed by atoms with Gasteiger partial charge in [-0.25, -0.2) is 4.79 Å². The van der Waals surface area contributed by atoms with Crippen LogP contribution in [-0.2, 0) is 9.53 Å². The Bertz CT molecular complexity index is 520. The number of ether oxygens (including phenoxy) is 2. The number of hydrogen-bond donors (Lipinski definition) is 1. The largest absolute Gasteiger partial charge is 0.510 e. The summed E-state index contributed by atoms with van der Waals surface area (Å²) >= 11 is 0. The first-order chi connectivity index (χ1) is 9.60. The molecule has 20 heavy (non-hydrogen) atoms. The smallest absolute Gasteiger partial charge is 0.362 e. The minimum absolute atomic E-state index is 0.195. The predicted octanol–water partition coefficient (Wildman–Crippen LogP) is 3.52. The molecule has 0 atom stereocenters. The zero-order chi connectivity index (χ0) is 15.0. The third-order valence-corrected chi connectivity index (χ3v) is 2.23. The SMILES string of the molecule is CCOC(=O)C(N=Nc1ccccc1OCC)=C(C)O. The number of aliphatic hydroxyl groups excluding tert-OH is 1. The van der Waals surface area contributed by atoms with Gasteiger partial charge in [0.15, 0.2) is 0 Å². The number of para-hydroxylation sites is 1. The lowest BCUT2D eigenvalue weighted by molar-refractivity contribution is -0.138. The Hall–Kier alpha value is -2.37. The molecule has 0 fully saturated rings. The van der Waals surface area contributed by atoms with E-state index in [0.717, 1.165) is 0 Å². The summed E-state index contributed by atoms with van der Waals surface area (Å²) in [6.07, 6.45) is 0. The van der Waals surface area contributed by atoms with Crippen LogP contribution in [0.3, 0.4) is 0 Å². The molecule has 0 aliphatic carbocycles. The average Bonchev–Trinajstić information content (AvgIpc) is 2.41. The summed E-state index contributed by atoms with van der Waals surface area (Å²) in [7, 11) is 0. The molecule has 0 heterocycles. The zero-order valence-corrected chi connectivity index (χ0v) is 11.8. The molecule has 1 N–H and O–H groups in total. The molecule has 0 saturated heterocycles. The Morgan fingerprint density at radius 3 is 2.55 bits per heavy atom. The van der Waals surface area contributed by atoms with Gasteiger partial charge in [-0.05, 0) is 32.9 Å². The highest BCUT2D eigenvalue weighted by atomic mass is 16.5. The molecule has 0 amide bonds. The molecule has 0 spiro atoms. The summed E-state index contributed by atoms with van der Waals surface area (Å²) < 4.78 is 10.2. The maximum absolute atomic E-state index is 11.6. The second-order valence-corrected chi connectivity index (χ2v) is 3.76. The first kappa shape index (κ1) is 15.7. The van der Waals surface area contributed by atoms with Crippen molar-refractivity contribution in [1.82, 2.24) is 0 Å². The Labute approximate surface area is 117 Å². The third-order valence-electron chi connectivity index (χ3n) is 2.23. The topological polar surface area (TPSA) is 80.5 Å². The molecule has 0 radical (unpaired) electrons. The number of nitrogens with zero attached hydrogens (tertiary/aromatic N) is 2. The summed E-state index contributed by atoms with van der Waals surface area (Å²) in [6, 6.07) is 7.03. The second kappa shape index (κ2) is 7.93. The van der Waals surface area contributed by atoms with E-state index in [-0.39, 0.29) is 18.1 Å². The van der Waals surface area contributed by atoms with Gasteiger partial charge in [-0.3, -0.25) is 0 Å². The van der Waals surface area contributed by atoms with Gasteiger partial charge in [0.25, 0.3) is 0 Å². The summed E-state index contributed by atoms with van der Waals surface area (Å²) in [4.78, 5) is 11.6. The van der Waals surface area contributed by atoms with Crippen molar-refractivity contribution >= 4 is 11.7 Å². The van der Waals surface area contributed by atoms with Crippen LogP contribution in [-0.4, -0.2) is 24.3 Å². The summed E-state index contributed by atoms with van der Waals surface area (Å²) in [5.41, 5.74) is 0.246. The van der Waals surface area contributed by atoms with Crippen LogP contribution in [0, 0.1) is 0 Å². The van der Waals surface area contributed by atoms with Crippen LogP contribution in [0.2, 0.25) is 0 Å². The number of carbonyl (C=O) groups is 1. The molecular weight excluding hydrogens is 260 g/mol. The Balaban J connectivity index is 3.00. The number of benzene rings is 1. The van der Waals surface area contributed by atoms with Gasteiger partial charge in [0.1, 0.15) is 17.2 Å². The first-order valence-electron chi connectivity index (χ1n) is 6.30. The van der Waals surface area contributed by atoms with Crippen molar-refractivity contribution < 1.29 is 19.4 Å². The van der Waals surface area contributed by atoms with Gasteiger partial charge in [-0.2, -0.15) is 0 Å². The van der Waals surface area contributed by atoms with Gasteiger partial charge in [-0.1, -0.05) is 12.1 Å². The maximum atomic E-state index is 11.6. The minimum atomic E-state index is -0.717. The maximum Gasteiger partial charge on any atom is 0.362 e. The van der Waals surface area contributed by atoms with Gasteiger partial charge < -0.3 is 14.6 Å². The number of esters is 1. The number of allylic oxidation sites excluding steroid dienone is 1. The van der Waals surface area contributed by atoms with E-state index in [2.05, 4.69) is 10.2 Å². The van der Waals surface area contributed by atoms with Gasteiger partial charge in [0.2, 0.25) is 5.70 Å². The van der Waals surface area contributed by atoms with Crippen LogP contribution in [0.15, 0.2) is 46.0 Å². The Morgan fingerprint density at radius 2 is 1.95 bits per heavy atom. The molecule has 0 unspecified atom stereocenters. The van der Waals surface area contributed by atoms with Crippen LogP contribution in [0.4, 0.5) is 5.69 Å². The minimum Gasteiger partial charge on any atom is -0.510 e. The lowest BCUT2D eigenvalue weighted by Gasteiger charge is -2.05. The lowest BCUT2D eigenvalue weighted by atomic mass is 10.3. The molecule has 1 aromatic rings. The number of hydrogen-bond acceptors (Lipinski definition) is 6. The highest BCUT2D eigenvalue weighted by molar-refractivity contribution is 5.88. The van der Waals surface area contributed by atoms with Crippen molar-refractivity contribution in [3.63, 3.8) is 0 Å². The molecule has 6 heteroatoms. The lowest BCUT2D eigenvalue weighted by Crippen LogP contribution is -2.07. The van der Waals surface area contributed by atoms with Gasteiger partial charge in [0, 0.05) is 0 Å². The van der Waals surface area contributed by atoms with Crippen molar-refractivity contribution in [3.05, 3.63) is 35.7 Å². The monoisotopic (exact) mass is 278 g/mol. The van der Waals surface area contributed by atoms with Crippen molar-refractivity contribution in [3.8, 4) is 5.75 Å². The van der Waals surface area contributed by atoms with E-state index >= 15 is 0 Å². The zero-order valence-electron chi connectivity index (χ0n) is 11.8. The summed E-state index contributed by atoms with van der Waals surface area (Å²) in [5.74, 6) is -0.413. The van der Waals surface area contributed by atoms with E-state index in [1.54, 1.807) is 25.1 Å². The number of carbonyl (C=O) groups excluding carboxylic acids is 1. The molecule has 0 aliphatic heterocycles. The molecule has 0 bridgehead atoms. The van der Waals surface area contributed by atoms with Crippen LogP contribution in [0.5, 0.6) is 5.75 Å². The van der Waals surface area contributed by atoms with Crippen LogP contribution >= 0.6 is 0 Å². The van der Waals surface area contributed by atoms with E-state index in [0.29, 0.717) is 18.0 Å². The number of azo groups is 1. The van der Waals surface area contributed by atoms with Crippen LogP contribution in [0.25, 0.3) is 0 Å². The third kappa shape index (κ3) is 4.38. The molecule has 1 aromatic carbocycles. The first-order valence-corrected chi connectivity index (χ1v) is 6.30. The van der Waals surface area contributed by atoms with Gasteiger partial charge in [-0.15, -0.1) is 10.2 Å². The summed E-state index contributed by atoms with van der Waals surface area (Å²) in [6.45, 7) is 5.56. The molecular formula is C14H18N2O4. The highest BCUT2D eigenvalue weighted by Gasteiger charge is 2.14. The molecule has 0 aromatic heterocycles. The Morgan fingerprint density at radius 1 is 1.25 bits per heavy atom. The fourth-order valence-electron chi connectivity index (χ4n) is 1.38. The van der Waals surface area contributed by atoms with E-state index in [9.17, 15) is 9.90 Å². The van der Waals surface area contributed by atoms with Crippen molar-refractivity contribution in [2.75, 3.05) is 13.2 Å². The van der Waals surface area contributed by atoms with E-state index in [1.807, 2.05) is 13.0 Å². The average molecular weight is 278 g/mol. The molecule has 108 valence electrons. The second-order valence-electron chi connectivity index (χ2n) is 3.76. The fraction of sp³-hybridized carbons (Fsp3) is 0.357. The van der Waals surface area contributed by atoms with E-state index in [4.69, 9.17) is 9.47 Å². The quantitative estimate of drug-likeness (QED) is 0.373.